The van der Waals surface area contributed by atoms with Crippen LogP contribution in [0.4, 0.5) is 13.6 Å². The van der Waals surface area contributed by atoms with E-state index in [1.165, 1.54) is 60.7 Å². The van der Waals surface area contributed by atoms with Crippen molar-refractivity contribution >= 4 is 53.0 Å². The molecule has 15 heteroatoms. The molecule has 4 amide bonds. The number of alkyl halides is 2. The highest BCUT2D eigenvalue weighted by molar-refractivity contribution is 6.30. The smallest absolute Gasteiger partial charge is 0.408 e. The second-order valence-electron chi connectivity index (χ2n) is 11.5. The van der Waals surface area contributed by atoms with E-state index in [1.54, 1.807) is 13.0 Å². The molecular weight excluding hydrogens is 697 g/mol. The van der Waals surface area contributed by atoms with E-state index in [0.717, 1.165) is 19.1 Å². The Morgan fingerprint density at radius 3 is 2.20 bits per heavy atom. The molecule has 1 aliphatic heterocycles. The minimum atomic E-state index is -3.78. The molecule has 0 bridgehead atoms. The van der Waals surface area contributed by atoms with Gasteiger partial charge in [0.1, 0.15) is 6.04 Å². The van der Waals surface area contributed by atoms with Crippen molar-refractivity contribution in [2.75, 3.05) is 13.1 Å². The Labute approximate surface area is 297 Å². The first kappa shape index (κ1) is 38.1. The van der Waals surface area contributed by atoms with Crippen molar-refractivity contribution in [3.63, 3.8) is 0 Å². The number of benzene rings is 3. The van der Waals surface area contributed by atoms with E-state index in [0.29, 0.717) is 18.0 Å². The number of likely N-dealkylation sites (N-methyl/N-ethyl adjacent to an activating group) is 1. The Morgan fingerprint density at radius 1 is 0.900 bits per heavy atom. The second kappa shape index (κ2) is 17.3. The van der Waals surface area contributed by atoms with Gasteiger partial charge in [-0.2, -0.15) is 8.78 Å². The summed E-state index contributed by atoms with van der Waals surface area (Å²) in [7, 11) is 0. The molecule has 11 nitrogen and oxygen atoms in total. The lowest BCUT2D eigenvalue weighted by Crippen LogP contribution is -2.55. The average molecular weight is 734 g/mol. The van der Waals surface area contributed by atoms with Gasteiger partial charge in [-0.15, -0.1) is 0 Å². The Bertz CT molecular complexity index is 1680. The molecule has 3 aromatic rings. The van der Waals surface area contributed by atoms with Crippen LogP contribution in [0.15, 0.2) is 78.9 Å². The molecule has 2 unspecified atom stereocenters. The van der Waals surface area contributed by atoms with Crippen LogP contribution in [0.1, 0.15) is 55.5 Å². The molecule has 1 fully saturated rings. The summed E-state index contributed by atoms with van der Waals surface area (Å²) in [5.74, 6) is -7.20. The van der Waals surface area contributed by atoms with Crippen molar-refractivity contribution in [2.45, 2.75) is 56.9 Å². The van der Waals surface area contributed by atoms with Crippen LogP contribution in [-0.4, -0.2) is 55.0 Å². The van der Waals surface area contributed by atoms with Crippen molar-refractivity contribution in [1.29, 1.82) is 0 Å². The van der Waals surface area contributed by atoms with Crippen molar-refractivity contribution < 1.29 is 42.2 Å². The maximum Gasteiger partial charge on any atom is 0.408 e. The fourth-order valence-electron chi connectivity index (χ4n) is 5.51. The van der Waals surface area contributed by atoms with E-state index >= 15 is 8.78 Å². The topological polar surface area (TPSA) is 152 Å². The third-order valence-corrected chi connectivity index (χ3v) is 8.38. The predicted molar refractivity (Wildman–Crippen MR) is 180 cm³/mol. The third-order valence-electron chi connectivity index (χ3n) is 7.89. The van der Waals surface area contributed by atoms with Gasteiger partial charge < -0.3 is 30.7 Å². The van der Waals surface area contributed by atoms with Gasteiger partial charge in [0, 0.05) is 41.5 Å². The first-order chi connectivity index (χ1) is 23.8. The molecule has 1 aliphatic rings. The van der Waals surface area contributed by atoms with Crippen molar-refractivity contribution in [2.24, 2.45) is 5.92 Å². The van der Waals surface area contributed by atoms with Crippen LogP contribution >= 0.6 is 23.2 Å². The predicted octanol–water partition coefficient (Wildman–Crippen LogP) is 5.37. The number of esters is 1. The molecule has 0 aromatic heterocycles. The van der Waals surface area contributed by atoms with E-state index < -0.39 is 65.6 Å². The van der Waals surface area contributed by atoms with E-state index in [-0.39, 0.29) is 35.0 Å². The summed E-state index contributed by atoms with van der Waals surface area (Å²) in [6.45, 7) is 3.27. The molecule has 0 saturated carbocycles. The lowest BCUT2D eigenvalue weighted by atomic mass is 9.93. The number of carbonyl (C=O) groups is 5. The van der Waals surface area contributed by atoms with Gasteiger partial charge in [-0.05, 0) is 55.2 Å². The molecule has 5 atom stereocenters. The van der Waals surface area contributed by atoms with E-state index in [4.69, 9.17) is 32.7 Å². The van der Waals surface area contributed by atoms with Gasteiger partial charge in [0.15, 0.2) is 12.2 Å². The van der Waals surface area contributed by atoms with Crippen molar-refractivity contribution in [3.05, 3.63) is 106 Å². The van der Waals surface area contributed by atoms with Gasteiger partial charge in [0.2, 0.25) is 11.8 Å². The number of nitrogens with one attached hydrogen (secondary N) is 4. The standard InChI is InChI=1S/C35H36Cl2F2N4O7/c1-3-40-33(47)29(49-20(2)44)27(18-23-16-17-41-31(23)45)42-32(46)28(21-12-14-25(36)15-13-21)43-34(48)50-30(22-8-5-4-6-9-22)35(38,39)24-10-7-11-26(37)19-24/h4-15,19,23,27-30H,3,16-18H2,1-2H3,(H,40,47)(H,41,45)(H,42,46)(H,43,48)/t23-,27-,28-,29?,30?/m0/s1. The number of carbonyl (C=O) groups excluding carboxylic acids is 5. The maximum atomic E-state index is 16.1. The molecule has 266 valence electrons. The van der Waals surface area contributed by atoms with Gasteiger partial charge >= 0.3 is 18.0 Å². The average Bonchev–Trinajstić information content (AvgIpc) is 3.49. The number of hydrogen-bond donors (Lipinski definition) is 4. The summed E-state index contributed by atoms with van der Waals surface area (Å²) >= 11 is 12.1. The molecule has 4 rings (SSSR count). The molecular formula is C35H36Cl2F2N4O7. The molecule has 0 aliphatic carbocycles. The lowest BCUT2D eigenvalue weighted by Gasteiger charge is -2.31. The summed E-state index contributed by atoms with van der Waals surface area (Å²) in [4.78, 5) is 65.2. The number of hydrogen-bond acceptors (Lipinski definition) is 7. The summed E-state index contributed by atoms with van der Waals surface area (Å²) in [5.41, 5.74) is -0.387. The van der Waals surface area contributed by atoms with Gasteiger partial charge in [-0.25, -0.2) is 4.79 Å². The largest absolute Gasteiger partial charge is 0.450 e. The number of halogens is 4. The van der Waals surface area contributed by atoms with Gasteiger partial charge in [0.05, 0.1) is 6.04 Å². The maximum absolute atomic E-state index is 16.1. The highest BCUT2D eigenvalue weighted by Crippen LogP contribution is 2.43. The molecule has 3 aromatic carbocycles. The van der Waals surface area contributed by atoms with Crippen molar-refractivity contribution in [3.8, 4) is 0 Å². The first-order valence-corrected chi connectivity index (χ1v) is 16.5. The minimum absolute atomic E-state index is 0.0406. The highest BCUT2D eigenvalue weighted by Gasteiger charge is 2.46. The molecule has 0 radical (unpaired) electrons. The monoisotopic (exact) mass is 732 g/mol. The summed E-state index contributed by atoms with van der Waals surface area (Å²) < 4.78 is 42.8. The first-order valence-electron chi connectivity index (χ1n) is 15.7. The van der Waals surface area contributed by atoms with Crippen LogP contribution in [0.5, 0.6) is 0 Å². The molecule has 0 spiro atoms. The zero-order chi connectivity index (χ0) is 36.4. The van der Waals surface area contributed by atoms with Crippen LogP contribution in [0.3, 0.4) is 0 Å². The third kappa shape index (κ3) is 9.91. The molecule has 1 saturated heterocycles. The van der Waals surface area contributed by atoms with E-state index in [1.807, 2.05) is 0 Å². The SMILES string of the molecule is CCNC(=O)C(OC(C)=O)[C@H](C[C@@H]1CCNC1=O)NC(=O)[C@@H](NC(=O)OC(c1ccccc1)C(F)(F)c1cccc(Cl)c1)c1ccc(Cl)cc1. The number of alkyl carbamates (subject to hydrolysis) is 1. The fourth-order valence-corrected chi connectivity index (χ4v) is 5.83. The number of amides is 4. The molecule has 50 heavy (non-hydrogen) atoms. The van der Waals surface area contributed by atoms with Crippen molar-refractivity contribution in [1.82, 2.24) is 21.3 Å². The fraction of sp³-hybridized carbons (Fsp3) is 0.343. The van der Waals surface area contributed by atoms with Crippen LogP contribution in [0.2, 0.25) is 10.0 Å². The lowest BCUT2D eigenvalue weighted by molar-refractivity contribution is -0.157. The summed E-state index contributed by atoms with van der Waals surface area (Å²) in [6.07, 6.45) is -4.81. The van der Waals surface area contributed by atoms with Crippen LogP contribution in [0, 0.1) is 5.92 Å². The number of ether oxygens (including phenoxy) is 2. The van der Waals surface area contributed by atoms with Gasteiger partial charge in [-0.1, -0.05) is 77.8 Å². The summed E-state index contributed by atoms with van der Waals surface area (Å²) in [5, 5.41) is 10.6. The quantitative estimate of drug-likeness (QED) is 0.163. The Morgan fingerprint density at radius 2 is 1.60 bits per heavy atom. The zero-order valence-electron chi connectivity index (χ0n) is 27.1. The normalized spacial score (nSPS) is 16.6. The Hall–Kier alpha value is -4.75. The van der Waals surface area contributed by atoms with Crippen LogP contribution < -0.4 is 21.3 Å². The number of rotatable bonds is 14. The zero-order valence-corrected chi connectivity index (χ0v) is 28.6. The highest BCUT2D eigenvalue weighted by atomic mass is 35.5. The second-order valence-corrected chi connectivity index (χ2v) is 12.4. The van der Waals surface area contributed by atoms with E-state index in [2.05, 4.69) is 21.3 Å². The Balaban J connectivity index is 1.67. The van der Waals surface area contributed by atoms with Gasteiger partial charge in [0.25, 0.3) is 5.91 Å². The minimum Gasteiger partial charge on any atom is -0.450 e. The van der Waals surface area contributed by atoms with Gasteiger partial charge in [-0.3, -0.25) is 19.2 Å². The Kier molecular flexibility index (Phi) is 13.1. The van der Waals surface area contributed by atoms with E-state index in [9.17, 15) is 24.0 Å². The molecule has 4 N–H and O–H groups in total. The molecule has 1 heterocycles. The van der Waals surface area contributed by atoms with Crippen LogP contribution in [-0.2, 0) is 34.6 Å². The summed E-state index contributed by atoms with van der Waals surface area (Å²) in [6, 6.07) is 15.2. The van der Waals surface area contributed by atoms with Crippen LogP contribution in [0.25, 0.3) is 0 Å².